The van der Waals surface area contributed by atoms with Crippen LogP contribution in [-0.2, 0) is 4.84 Å². The molecular formula is C15H31NO. The van der Waals surface area contributed by atoms with Crippen LogP contribution in [0.15, 0.2) is 0 Å². The van der Waals surface area contributed by atoms with Crippen LogP contribution in [-0.4, -0.2) is 22.7 Å². The van der Waals surface area contributed by atoms with E-state index in [0.29, 0.717) is 0 Å². The molecule has 0 aromatic carbocycles. The average molecular weight is 241 g/mol. The minimum Gasteiger partial charge on any atom is -0.298 e. The summed E-state index contributed by atoms with van der Waals surface area (Å²) in [6.45, 7) is 12.4. The van der Waals surface area contributed by atoms with E-state index in [9.17, 15) is 0 Å². The van der Waals surface area contributed by atoms with Gasteiger partial charge in [-0.05, 0) is 53.4 Å². The largest absolute Gasteiger partial charge is 0.298 e. The lowest BCUT2D eigenvalue weighted by atomic mass is 9.82. The molecular weight excluding hydrogens is 210 g/mol. The summed E-state index contributed by atoms with van der Waals surface area (Å²) in [6, 6.07) is 0. The monoisotopic (exact) mass is 241 g/mol. The predicted molar refractivity (Wildman–Crippen MR) is 73.9 cm³/mol. The molecule has 0 saturated carbocycles. The predicted octanol–water partition coefficient (Wildman–Crippen LogP) is 4.54. The van der Waals surface area contributed by atoms with Crippen molar-refractivity contribution in [2.75, 3.05) is 6.61 Å². The summed E-state index contributed by atoms with van der Waals surface area (Å²) in [5.41, 5.74) is 0.374. The standard InChI is InChI=1S/C15H31NO/c1-6-7-8-9-13-17-16-14(2,3)11-10-12-15(16,4)5/h6-13H2,1-5H3. The van der Waals surface area contributed by atoms with Gasteiger partial charge in [-0.3, -0.25) is 4.84 Å². The van der Waals surface area contributed by atoms with Crippen molar-refractivity contribution in [2.24, 2.45) is 0 Å². The Labute approximate surface area is 108 Å². The highest BCUT2D eigenvalue weighted by molar-refractivity contribution is 4.92. The van der Waals surface area contributed by atoms with Gasteiger partial charge in [-0.15, -0.1) is 0 Å². The van der Waals surface area contributed by atoms with Crippen molar-refractivity contribution in [2.45, 2.75) is 90.6 Å². The highest BCUT2D eigenvalue weighted by Gasteiger charge is 2.42. The Morgan fingerprint density at radius 3 is 2.06 bits per heavy atom. The summed E-state index contributed by atoms with van der Waals surface area (Å²) in [5.74, 6) is 0. The normalized spacial score (nSPS) is 23.8. The van der Waals surface area contributed by atoms with E-state index in [1.165, 1.54) is 44.9 Å². The Bertz CT molecular complexity index is 207. The molecule has 2 nitrogen and oxygen atoms in total. The lowest BCUT2D eigenvalue weighted by molar-refractivity contribution is -0.281. The lowest BCUT2D eigenvalue weighted by Crippen LogP contribution is -2.58. The van der Waals surface area contributed by atoms with E-state index in [4.69, 9.17) is 4.84 Å². The van der Waals surface area contributed by atoms with Crippen molar-refractivity contribution in [1.82, 2.24) is 5.06 Å². The van der Waals surface area contributed by atoms with Gasteiger partial charge in [0.2, 0.25) is 0 Å². The van der Waals surface area contributed by atoms with E-state index in [2.05, 4.69) is 39.7 Å². The molecule has 0 N–H and O–H groups in total. The van der Waals surface area contributed by atoms with Gasteiger partial charge in [0.25, 0.3) is 0 Å². The maximum absolute atomic E-state index is 6.09. The smallest absolute Gasteiger partial charge is 0.0685 e. The van der Waals surface area contributed by atoms with E-state index in [-0.39, 0.29) is 11.1 Å². The van der Waals surface area contributed by atoms with Gasteiger partial charge in [0.15, 0.2) is 0 Å². The van der Waals surface area contributed by atoms with E-state index >= 15 is 0 Å². The van der Waals surface area contributed by atoms with Gasteiger partial charge >= 0.3 is 0 Å². The van der Waals surface area contributed by atoms with Crippen LogP contribution in [0.5, 0.6) is 0 Å². The Balaban J connectivity index is 2.41. The van der Waals surface area contributed by atoms with Gasteiger partial charge in [0.1, 0.15) is 0 Å². The van der Waals surface area contributed by atoms with Gasteiger partial charge in [-0.2, -0.15) is 5.06 Å². The zero-order chi connectivity index (χ0) is 12.9. The van der Waals surface area contributed by atoms with Crippen molar-refractivity contribution < 1.29 is 4.84 Å². The molecule has 0 radical (unpaired) electrons. The third-order valence-electron chi connectivity index (χ3n) is 3.90. The van der Waals surface area contributed by atoms with E-state index in [0.717, 1.165) is 6.61 Å². The molecule has 2 heteroatoms. The van der Waals surface area contributed by atoms with Gasteiger partial charge in [0, 0.05) is 11.1 Å². The first-order valence-corrected chi connectivity index (χ1v) is 7.33. The third kappa shape index (κ3) is 4.26. The van der Waals surface area contributed by atoms with Crippen molar-refractivity contribution in [3.05, 3.63) is 0 Å². The summed E-state index contributed by atoms with van der Waals surface area (Å²) in [7, 11) is 0. The highest BCUT2D eigenvalue weighted by atomic mass is 16.7. The van der Waals surface area contributed by atoms with Crippen LogP contribution in [0.2, 0.25) is 0 Å². The lowest BCUT2D eigenvalue weighted by Gasteiger charge is -2.51. The molecule has 1 saturated heterocycles. The van der Waals surface area contributed by atoms with Gasteiger partial charge in [-0.25, -0.2) is 0 Å². The molecule has 0 spiro atoms. The Hall–Kier alpha value is -0.0800. The SMILES string of the molecule is CCCCCCON1C(C)(C)CCCC1(C)C. The first kappa shape index (κ1) is 15.0. The molecule has 1 aliphatic heterocycles. The number of nitrogens with zero attached hydrogens (tertiary/aromatic N) is 1. The third-order valence-corrected chi connectivity index (χ3v) is 3.90. The van der Waals surface area contributed by atoms with Crippen molar-refractivity contribution >= 4 is 0 Å². The molecule has 0 bridgehead atoms. The van der Waals surface area contributed by atoms with Crippen molar-refractivity contribution in [3.63, 3.8) is 0 Å². The average Bonchev–Trinajstić information content (AvgIpc) is 2.20. The van der Waals surface area contributed by atoms with Crippen LogP contribution in [0.25, 0.3) is 0 Å². The highest BCUT2D eigenvalue weighted by Crippen LogP contribution is 2.38. The number of unbranched alkanes of at least 4 members (excludes halogenated alkanes) is 3. The number of hydroxylamine groups is 2. The second-order valence-corrected chi connectivity index (χ2v) is 6.67. The molecule has 1 heterocycles. The van der Waals surface area contributed by atoms with Gasteiger partial charge in [-0.1, -0.05) is 26.2 Å². The summed E-state index contributed by atoms with van der Waals surface area (Å²) < 4.78 is 0. The topological polar surface area (TPSA) is 12.5 Å². The fourth-order valence-electron chi connectivity index (χ4n) is 3.01. The zero-order valence-electron chi connectivity index (χ0n) is 12.5. The van der Waals surface area contributed by atoms with E-state index in [1.54, 1.807) is 0 Å². The first-order valence-electron chi connectivity index (χ1n) is 7.33. The summed E-state index contributed by atoms with van der Waals surface area (Å²) in [6.07, 6.45) is 8.91. The van der Waals surface area contributed by atoms with Gasteiger partial charge < -0.3 is 0 Å². The first-order chi connectivity index (χ1) is 7.90. The van der Waals surface area contributed by atoms with Gasteiger partial charge in [0.05, 0.1) is 6.61 Å². The molecule has 1 rings (SSSR count). The maximum atomic E-state index is 6.09. The second-order valence-electron chi connectivity index (χ2n) is 6.67. The maximum Gasteiger partial charge on any atom is 0.0685 e. The molecule has 102 valence electrons. The molecule has 1 fully saturated rings. The molecule has 0 unspecified atom stereocenters. The molecule has 0 amide bonds. The number of rotatable bonds is 6. The number of hydrogen-bond acceptors (Lipinski definition) is 2. The van der Waals surface area contributed by atoms with E-state index < -0.39 is 0 Å². The fourth-order valence-corrected chi connectivity index (χ4v) is 3.01. The summed E-state index contributed by atoms with van der Waals surface area (Å²) in [4.78, 5) is 6.09. The van der Waals surface area contributed by atoms with Crippen LogP contribution >= 0.6 is 0 Å². The fraction of sp³-hybridized carbons (Fsp3) is 1.00. The quantitative estimate of drug-likeness (QED) is 0.633. The molecule has 17 heavy (non-hydrogen) atoms. The number of hydrogen-bond donors (Lipinski definition) is 0. The molecule has 0 aromatic heterocycles. The minimum absolute atomic E-state index is 0.187. The van der Waals surface area contributed by atoms with Crippen LogP contribution in [0.4, 0.5) is 0 Å². The Morgan fingerprint density at radius 2 is 1.53 bits per heavy atom. The van der Waals surface area contributed by atoms with Crippen molar-refractivity contribution in [1.29, 1.82) is 0 Å². The van der Waals surface area contributed by atoms with Crippen LogP contribution in [0.3, 0.4) is 0 Å². The van der Waals surface area contributed by atoms with Crippen LogP contribution < -0.4 is 0 Å². The van der Waals surface area contributed by atoms with Crippen LogP contribution in [0.1, 0.15) is 79.6 Å². The molecule has 0 atom stereocenters. The molecule has 1 aliphatic rings. The Morgan fingerprint density at radius 1 is 0.941 bits per heavy atom. The second kappa shape index (κ2) is 6.19. The van der Waals surface area contributed by atoms with E-state index in [1.807, 2.05) is 0 Å². The summed E-state index contributed by atoms with van der Waals surface area (Å²) >= 11 is 0. The minimum atomic E-state index is 0.187. The van der Waals surface area contributed by atoms with Crippen molar-refractivity contribution in [3.8, 4) is 0 Å². The zero-order valence-corrected chi connectivity index (χ0v) is 12.5. The molecule has 0 aliphatic carbocycles. The number of piperidine rings is 1. The Kier molecular flexibility index (Phi) is 5.46. The summed E-state index contributed by atoms with van der Waals surface area (Å²) in [5, 5.41) is 2.27. The van der Waals surface area contributed by atoms with Crippen LogP contribution in [0, 0.1) is 0 Å². The molecule has 0 aromatic rings.